The fraction of sp³-hybridized carbons (Fsp3) is 0.615. The van der Waals surface area contributed by atoms with Crippen LogP contribution in [0.1, 0.15) is 87.2 Å². The van der Waals surface area contributed by atoms with Crippen LogP contribution in [-0.2, 0) is 16.3 Å². The first-order valence-corrected chi connectivity index (χ1v) is 22.3. The number of benzene rings is 2. The van der Waals surface area contributed by atoms with Crippen LogP contribution >= 0.6 is 23.7 Å². The molecule has 0 unspecified atom stereocenters. The van der Waals surface area contributed by atoms with Crippen LogP contribution in [0, 0.1) is 17.8 Å². The van der Waals surface area contributed by atoms with E-state index in [2.05, 4.69) is 78.1 Å². The molecule has 48 heavy (non-hydrogen) atoms. The predicted octanol–water partition coefficient (Wildman–Crippen LogP) is 9.19. The zero-order valence-corrected chi connectivity index (χ0v) is 32.1. The third-order valence-electron chi connectivity index (χ3n) is 12.2. The van der Waals surface area contributed by atoms with E-state index in [-0.39, 0.29) is 22.5 Å². The molecule has 2 bridgehead atoms. The summed E-state index contributed by atoms with van der Waals surface area (Å²) in [6.45, 7) is 16.1. The van der Waals surface area contributed by atoms with Gasteiger partial charge < -0.3 is 14.1 Å². The molecule has 9 heteroatoms. The van der Waals surface area contributed by atoms with Crippen molar-refractivity contribution in [2.24, 2.45) is 17.8 Å². The molecule has 260 valence electrons. The maximum Gasteiger partial charge on any atom is 0.262 e. The van der Waals surface area contributed by atoms with Crippen molar-refractivity contribution in [3.8, 4) is 5.75 Å². The molecular weight excluding hydrogens is 654 g/mol. The van der Waals surface area contributed by atoms with Gasteiger partial charge in [0.2, 0.25) is 0 Å². The number of nitrogens with zero attached hydrogens (tertiary/aromatic N) is 2. The number of nitrogens with one attached hydrogen (secondary N) is 1. The van der Waals surface area contributed by atoms with Crippen LogP contribution in [0.15, 0.2) is 48.6 Å². The Morgan fingerprint density at radius 2 is 1.96 bits per heavy atom. The van der Waals surface area contributed by atoms with E-state index in [0.29, 0.717) is 24.0 Å². The topological polar surface area (TPSA) is 54.0 Å². The Labute approximate surface area is 298 Å². The molecule has 0 saturated heterocycles. The number of aryl methyl sites for hydroxylation is 1. The predicted molar refractivity (Wildman–Crippen MR) is 202 cm³/mol. The summed E-state index contributed by atoms with van der Waals surface area (Å²) in [5, 5.41) is 0.947. The van der Waals surface area contributed by atoms with Gasteiger partial charge in [-0.1, -0.05) is 50.6 Å². The monoisotopic (exact) mass is 707 g/mol. The average molecular weight is 708 g/mol. The second kappa shape index (κ2) is 13.6. The van der Waals surface area contributed by atoms with Crippen molar-refractivity contribution in [3.63, 3.8) is 0 Å². The van der Waals surface area contributed by atoms with Crippen molar-refractivity contribution in [1.82, 2.24) is 9.03 Å². The lowest BCUT2D eigenvalue weighted by Crippen LogP contribution is -2.52. The molecule has 1 spiro atoms. The van der Waals surface area contributed by atoms with Crippen molar-refractivity contribution in [2.45, 2.75) is 102 Å². The highest BCUT2D eigenvalue weighted by Gasteiger charge is 2.46. The van der Waals surface area contributed by atoms with Crippen LogP contribution in [0.3, 0.4) is 0 Å². The van der Waals surface area contributed by atoms with Crippen molar-refractivity contribution >= 4 is 43.6 Å². The normalized spacial score (nSPS) is 29.2. The number of carbonyl (C=O) groups excluding carboxylic acids is 1. The SMILES string of the molecule is CC(C)(C)[Si](C)(C)O[C@H]1/C=C\CCN(CC2CC2)SNC(=O)c2ccc3c(c2)N(C[C@@H]2CC[C@H]21)C[C@@]1(CCCc2cc(Cl)ccc21)CO3. The second-order valence-corrected chi connectivity index (χ2v) is 22.8. The Balaban J connectivity index is 1.26. The van der Waals surface area contributed by atoms with Gasteiger partial charge in [-0.05, 0) is 129 Å². The molecule has 4 atom stereocenters. The first-order chi connectivity index (χ1) is 22.9. The second-order valence-electron chi connectivity index (χ2n) is 16.7. The highest BCUT2D eigenvalue weighted by atomic mass is 35.5. The van der Waals surface area contributed by atoms with Gasteiger partial charge >= 0.3 is 0 Å². The molecule has 2 heterocycles. The zero-order valence-electron chi connectivity index (χ0n) is 29.5. The number of hydrogen-bond donors (Lipinski definition) is 1. The fourth-order valence-corrected chi connectivity index (χ4v) is 10.2. The number of amides is 1. The van der Waals surface area contributed by atoms with E-state index in [4.69, 9.17) is 20.8 Å². The summed E-state index contributed by atoms with van der Waals surface area (Å²) >= 11 is 7.97. The van der Waals surface area contributed by atoms with Gasteiger partial charge in [0, 0.05) is 54.3 Å². The van der Waals surface area contributed by atoms with Gasteiger partial charge in [0.1, 0.15) is 5.75 Å². The lowest BCUT2D eigenvalue weighted by molar-refractivity contribution is 0.0524. The van der Waals surface area contributed by atoms with Gasteiger partial charge in [-0.25, -0.2) is 4.31 Å². The zero-order chi connectivity index (χ0) is 33.7. The first kappa shape index (κ1) is 34.5. The van der Waals surface area contributed by atoms with E-state index in [0.717, 1.165) is 74.2 Å². The molecule has 0 aromatic heterocycles. The molecule has 0 radical (unpaired) electrons. The minimum atomic E-state index is -2.00. The Hall–Kier alpha value is -1.97. The number of fused-ring (bicyclic) bond motifs is 4. The molecule has 1 N–H and O–H groups in total. The molecule has 3 aliphatic carbocycles. The summed E-state index contributed by atoms with van der Waals surface area (Å²) in [5.41, 5.74) is 4.30. The van der Waals surface area contributed by atoms with Crippen molar-refractivity contribution in [3.05, 3.63) is 70.3 Å². The Kier molecular flexibility index (Phi) is 9.79. The molecule has 1 amide bonds. The Bertz CT molecular complexity index is 1540. The van der Waals surface area contributed by atoms with Crippen LogP contribution in [-0.4, -0.2) is 57.4 Å². The molecule has 7 rings (SSSR count). The highest BCUT2D eigenvalue weighted by molar-refractivity contribution is 7.95. The smallest absolute Gasteiger partial charge is 0.262 e. The van der Waals surface area contributed by atoms with Crippen molar-refractivity contribution in [2.75, 3.05) is 37.7 Å². The Morgan fingerprint density at radius 1 is 1.12 bits per heavy atom. The molecule has 2 aromatic carbocycles. The molecule has 2 aliphatic heterocycles. The van der Waals surface area contributed by atoms with Gasteiger partial charge in [0.25, 0.3) is 5.91 Å². The van der Waals surface area contributed by atoms with E-state index in [1.807, 2.05) is 18.2 Å². The Morgan fingerprint density at radius 3 is 2.71 bits per heavy atom. The van der Waals surface area contributed by atoms with E-state index in [1.54, 1.807) is 0 Å². The third kappa shape index (κ3) is 7.25. The van der Waals surface area contributed by atoms with Crippen LogP contribution < -0.4 is 14.4 Å². The lowest BCUT2D eigenvalue weighted by atomic mass is 9.68. The lowest BCUT2D eigenvalue weighted by Gasteiger charge is -2.48. The summed E-state index contributed by atoms with van der Waals surface area (Å²) in [5.74, 6) is 2.52. The quantitative estimate of drug-likeness (QED) is 0.194. The fourth-order valence-electron chi connectivity index (χ4n) is 7.96. The maximum atomic E-state index is 13.6. The average Bonchev–Trinajstić information content (AvgIpc) is 3.86. The highest BCUT2D eigenvalue weighted by Crippen LogP contribution is 2.48. The van der Waals surface area contributed by atoms with Gasteiger partial charge in [0.05, 0.1) is 18.4 Å². The number of rotatable bonds is 4. The minimum absolute atomic E-state index is 0.0489. The van der Waals surface area contributed by atoms with Crippen LogP contribution in [0.25, 0.3) is 0 Å². The van der Waals surface area contributed by atoms with Crippen LogP contribution in [0.2, 0.25) is 23.2 Å². The van der Waals surface area contributed by atoms with Gasteiger partial charge in [-0.3, -0.25) is 9.52 Å². The molecule has 2 fully saturated rings. The number of halogens is 1. The van der Waals surface area contributed by atoms with Gasteiger partial charge in [-0.15, -0.1) is 0 Å². The van der Waals surface area contributed by atoms with Crippen LogP contribution in [0.5, 0.6) is 5.75 Å². The van der Waals surface area contributed by atoms with E-state index < -0.39 is 8.32 Å². The molecule has 5 aliphatic rings. The van der Waals surface area contributed by atoms with E-state index in [1.165, 1.54) is 48.9 Å². The minimum Gasteiger partial charge on any atom is -0.490 e. The summed E-state index contributed by atoms with van der Waals surface area (Å²) in [4.78, 5) is 16.2. The maximum absolute atomic E-state index is 13.6. The summed E-state index contributed by atoms with van der Waals surface area (Å²) in [7, 11) is -2.00. The summed E-state index contributed by atoms with van der Waals surface area (Å²) in [6.07, 6.45) is 14.0. The standard InChI is InChI=1S/C39H54ClN3O3SSi/c1-38(2,3)48(4,5)46-35-10-6-7-20-43(23-27-11-12-27)47-41-37(44)29-14-18-36-34(22-29)42(24-30-13-16-32(30)35)25-39(26-45-36)19-8-9-28-21-31(40)15-17-33(28)39/h6,10,14-15,17-18,21-22,27,30,32,35H,7-9,11-13,16,19-20,23-26H2,1-5H3,(H,41,44)/b10-6-/t30-,32+,35-,39-/m0/s1. The van der Waals surface area contributed by atoms with E-state index >= 15 is 0 Å². The summed E-state index contributed by atoms with van der Waals surface area (Å²) < 4.78 is 19.5. The van der Waals surface area contributed by atoms with Gasteiger partial charge in [-0.2, -0.15) is 0 Å². The number of anilines is 1. The van der Waals surface area contributed by atoms with Crippen LogP contribution in [0.4, 0.5) is 5.69 Å². The number of hydrogen-bond acceptors (Lipinski definition) is 6. The first-order valence-electron chi connectivity index (χ1n) is 18.3. The molecule has 2 aromatic rings. The molecular formula is C39H54ClN3O3SSi. The number of carbonyl (C=O) groups is 1. The summed E-state index contributed by atoms with van der Waals surface area (Å²) in [6, 6.07) is 12.5. The van der Waals surface area contributed by atoms with Crippen molar-refractivity contribution < 1.29 is 14.0 Å². The number of ether oxygens (including phenoxy) is 1. The van der Waals surface area contributed by atoms with Gasteiger partial charge in [0.15, 0.2) is 8.32 Å². The van der Waals surface area contributed by atoms with E-state index in [9.17, 15) is 4.79 Å². The van der Waals surface area contributed by atoms with Crippen molar-refractivity contribution in [1.29, 1.82) is 0 Å². The molecule has 6 nitrogen and oxygen atoms in total. The largest absolute Gasteiger partial charge is 0.490 e. The molecule has 2 saturated carbocycles. The third-order valence-corrected chi connectivity index (χ3v) is 17.8.